The van der Waals surface area contributed by atoms with E-state index in [-0.39, 0.29) is 12.2 Å². The zero-order valence-corrected chi connectivity index (χ0v) is 19.0. The van der Waals surface area contributed by atoms with Gasteiger partial charge in [-0.1, -0.05) is 6.07 Å². The minimum atomic E-state index is -1.14. The molecule has 1 aliphatic heterocycles. The molecule has 0 aromatic heterocycles. The Bertz CT molecular complexity index is 1230. The fourth-order valence-electron chi connectivity index (χ4n) is 3.76. The van der Waals surface area contributed by atoms with Crippen molar-refractivity contribution in [2.75, 3.05) is 35.0 Å². The van der Waals surface area contributed by atoms with E-state index >= 15 is 0 Å². The summed E-state index contributed by atoms with van der Waals surface area (Å²) >= 11 is 0. The largest absolute Gasteiger partial charge is 0.497 e. The van der Waals surface area contributed by atoms with Gasteiger partial charge in [0, 0.05) is 18.6 Å². The van der Waals surface area contributed by atoms with Gasteiger partial charge in [0.2, 0.25) is 5.71 Å². The molecule has 2 aromatic carbocycles. The molecule has 0 saturated heterocycles. The molecule has 0 bridgehead atoms. The van der Waals surface area contributed by atoms with Crippen LogP contribution in [0.3, 0.4) is 0 Å². The van der Waals surface area contributed by atoms with Crippen LogP contribution in [0.1, 0.15) is 16.7 Å². The molecular formula is C23H23N2O9+. The number of aliphatic hydroxyl groups is 1. The summed E-state index contributed by atoms with van der Waals surface area (Å²) in [6.45, 7) is 0.131. The summed E-state index contributed by atoms with van der Waals surface area (Å²) in [7, 11) is 5.12. The Morgan fingerprint density at radius 3 is 2.24 bits per heavy atom. The van der Waals surface area contributed by atoms with Gasteiger partial charge in [-0.3, -0.25) is 10.1 Å². The lowest BCUT2D eigenvalue weighted by molar-refractivity contribution is -0.475. The Labute approximate surface area is 194 Å². The predicted molar refractivity (Wildman–Crippen MR) is 118 cm³/mol. The number of carbonyl (C=O) groups excluding carboxylic acids is 2. The predicted octanol–water partition coefficient (Wildman–Crippen LogP) is 2.13. The molecule has 0 unspecified atom stereocenters. The second-order valence-corrected chi connectivity index (χ2v) is 7.10. The smallest absolute Gasteiger partial charge is 0.407 e. The van der Waals surface area contributed by atoms with Crippen molar-refractivity contribution < 1.29 is 43.1 Å². The monoisotopic (exact) mass is 471 g/mol. The van der Waals surface area contributed by atoms with E-state index in [0.717, 1.165) is 19.8 Å². The fourth-order valence-corrected chi connectivity index (χ4v) is 3.76. The number of nitro groups is 1. The molecule has 0 spiro atoms. The highest BCUT2D eigenvalue weighted by Gasteiger charge is 2.39. The molecule has 178 valence electrons. The third-order valence-corrected chi connectivity index (χ3v) is 5.32. The van der Waals surface area contributed by atoms with Crippen LogP contribution in [0.5, 0.6) is 11.5 Å². The number of aliphatic hydroxyl groups excluding tert-OH is 1. The second kappa shape index (κ2) is 10.0. The van der Waals surface area contributed by atoms with Crippen molar-refractivity contribution in [2.45, 2.75) is 6.42 Å². The Hall–Kier alpha value is -4.41. The van der Waals surface area contributed by atoms with Gasteiger partial charge in [-0.25, -0.2) is 9.59 Å². The number of carbonyl (C=O) groups is 2. The van der Waals surface area contributed by atoms with Crippen LogP contribution in [0.15, 0.2) is 47.9 Å². The molecule has 0 fully saturated rings. The molecule has 0 saturated carbocycles. The van der Waals surface area contributed by atoms with E-state index in [1.165, 1.54) is 37.0 Å². The molecule has 34 heavy (non-hydrogen) atoms. The number of hydrogen-bond acceptors (Lipinski definition) is 9. The van der Waals surface area contributed by atoms with Gasteiger partial charge < -0.3 is 24.1 Å². The number of esters is 2. The van der Waals surface area contributed by atoms with Gasteiger partial charge in [0.05, 0.1) is 44.5 Å². The molecule has 3 rings (SSSR count). The molecule has 1 heterocycles. The first-order valence-electron chi connectivity index (χ1n) is 10.0. The average Bonchev–Trinajstić information content (AvgIpc) is 2.86. The highest BCUT2D eigenvalue weighted by molar-refractivity contribution is 6.12. The summed E-state index contributed by atoms with van der Waals surface area (Å²) in [4.78, 5) is 35.7. The van der Waals surface area contributed by atoms with Gasteiger partial charge in [-0.2, -0.15) is 4.58 Å². The number of ether oxygens (including phenoxy) is 4. The molecular weight excluding hydrogens is 448 g/mol. The van der Waals surface area contributed by atoms with E-state index in [9.17, 15) is 24.8 Å². The van der Waals surface area contributed by atoms with E-state index in [1.54, 1.807) is 18.2 Å². The summed E-state index contributed by atoms with van der Waals surface area (Å²) in [5.41, 5.74) is 1.40. The van der Waals surface area contributed by atoms with Crippen molar-refractivity contribution in [3.05, 3.63) is 74.7 Å². The van der Waals surface area contributed by atoms with Crippen molar-refractivity contribution in [2.24, 2.45) is 0 Å². The summed E-state index contributed by atoms with van der Waals surface area (Å²) in [6.07, 6.45) is 0.378. The molecule has 11 heteroatoms. The average molecular weight is 471 g/mol. The van der Waals surface area contributed by atoms with E-state index in [0.29, 0.717) is 34.8 Å². The summed E-state index contributed by atoms with van der Waals surface area (Å²) < 4.78 is 21.6. The van der Waals surface area contributed by atoms with Crippen LogP contribution in [-0.4, -0.2) is 67.2 Å². The standard InChI is InChI=1S/C23H22N2O9/c1-31-17-11-13-8-9-24(20(22(27)33-3)21(26)23(28)34-4)19(16(13)12-18(17)32-2)14-6-5-7-15(10-14)25(29)30/h5-7,10-12H,8-9H2,1-4H3/p+1. The van der Waals surface area contributed by atoms with Gasteiger partial charge in [-0.15, -0.1) is 0 Å². The van der Waals surface area contributed by atoms with E-state index in [1.807, 2.05) is 0 Å². The zero-order chi connectivity index (χ0) is 25.0. The number of rotatable bonds is 7. The van der Waals surface area contributed by atoms with Crippen LogP contribution < -0.4 is 9.47 Å². The number of fused-ring (bicyclic) bond motifs is 1. The number of nitrogens with zero attached hydrogens (tertiary/aromatic N) is 2. The maximum atomic E-state index is 12.7. The van der Waals surface area contributed by atoms with E-state index < -0.39 is 28.3 Å². The van der Waals surface area contributed by atoms with Gasteiger partial charge in [-0.05, 0) is 23.8 Å². The van der Waals surface area contributed by atoms with Crippen LogP contribution in [0.25, 0.3) is 0 Å². The zero-order valence-electron chi connectivity index (χ0n) is 19.0. The normalized spacial score (nSPS) is 13.4. The SMILES string of the molecule is COC(=O)/C(O)=C(\C(=O)OC)[N+]1=C(c2cccc([N+](=O)[O-])c2)c2cc(OC)c(OC)cc2CC1. The molecule has 0 atom stereocenters. The lowest BCUT2D eigenvalue weighted by Gasteiger charge is -2.21. The molecule has 0 amide bonds. The van der Waals surface area contributed by atoms with E-state index in [2.05, 4.69) is 4.74 Å². The Morgan fingerprint density at radius 1 is 1.00 bits per heavy atom. The summed E-state index contributed by atoms with van der Waals surface area (Å²) in [5, 5.41) is 22.0. The summed E-state index contributed by atoms with van der Waals surface area (Å²) in [6, 6.07) is 9.21. The summed E-state index contributed by atoms with van der Waals surface area (Å²) in [5.74, 6) is -2.23. The number of benzene rings is 2. The van der Waals surface area contributed by atoms with Crippen LogP contribution in [0, 0.1) is 10.1 Å². The van der Waals surface area contributed by atoms with Crippen molar-refractivity contribution in [3.8, 4) is 11.5 Å². The minimum Gasteiger partial charge on any atom is -0.497 e. The van der Waals surface area contributed by atoms with Crippen LogP contribution in [0.4, 0.5) is 5.69 Å². The van der Waals surface area contributed by atoms with Gasteiger partial charge in [0.1, 0.15) is 0 Å². The molecule has 1 N–H and O–H groups in total. The minimum absolute atomic E-state index is 0.131. The first-order valence-corrected chi connectivity index (χ1v) is 10.0. The van der Waals surface area contributed by atoms with Gasteiger partial charge in [0.25, 0.3) is 11.4 Å². The molecule has 1 aliphatic rings. The molecule has 11 nitrogen and oxygen atoms in total. The van der Waals surface area contributed by atoms with Crippen molar-refractivity contribution in [1.29, 1.82) is 0 Å². The van der Waals surface area contributed by atoms with Crippen LogP contribution in [-0.2, 0) is 25.5 Å². The van der Waals surface area contributed by atoms with Crippen molar-refractivity contribution in [3.63, 3.8) is 0 Å². The molecule has 0 aliphatic carbocycles. The number of methoxy groups -OCH3 is 4. The maximum absolute atomic E-state index is 12.7. The van der Waals surface area contributed by atoms with Gasteiger partial charge in [0.15, 0.2) is 18.0 Å². The first kappa shape index (κ1) is 24.2. The third kappa shape index (κ3) is 4.40. The highest BCUT2D eigenvalue weighted by atomic mass is 16.6. The second-order valence-electron chi connectivity index (χ2n) is 7.10. The lowest BCUT2D eigenvalue weighted by atomic mass is 9.91. The van der Waals surface area contributed by atoms with Crippen LogP contribution >= 0.6 is 0 Å². The molecule has 0 radical (unpaired) electrons. The quantitative estimate of drug-likeness (QED) is 0.161. The fraction of sp³-hybridized carbons (Fsp3) is 0.261. The third-order valence-electron chi connectivity index (χ3n) is 5.32. The first-order chi connectivity index (χ1) is 16.3. The number of nitro benzene ring substituents is 1. The highest BCUT2D eigenvalue weighted by Crippen LogP contribution is 2.35. The number of non-ortho nitro benzene ring substituents is 1. The Balaban J connectivity index is 2.46. The van der Waals surface area contributed by atoms with Gasteiger partial charge >= 0.3 is 17.6 Å². The number of hydrogen-bond donors (Lipinski definition) is 1. The Morgan fingerprint density at radius 2 is 1.65 bits per heavy atom. The maximum Gasteiger partial charge on any atom is 0.407 e. The van der Waals surface area contributed by atoms with E-state index in [4.69, 9.17) is 14.2 Å². The van der Waals surface area contributed by atoms with Crippen LogP contribution in [0.2, 0.25) is 0 Å². The molecule has 2 aromatic rings. The Kier molecular flexibility index (Phi) is 7.15. The topological polar surface area (TPSA) is 137 Å². The van der Waals surface area contributed by atoms with Crippen molar-refractivity contribution in [1.82, 2.24) is 0 Å². The lowest BCUT2D eigenvalue weighted by Crippen LogP contribution is -2.35. The van der Waals surface area contributed by atoms with Crippen molar-refractivity contribution >= 4 is 23.3 Å².